The van der Waals surface area contributed by atoms with Gasteiger partial charge in [0.05, 0.1) is 13.2 Å². The van der Waals surface area contributed by atoms with Gasteiger partial charge in [0, 0.05) is 27.9 Å². The van der Waals surface area contributed by atoms with E-state index >= 15 is 0 Å². The molecule has 0 heterocycles. The fourth-order valence-corrected chi connectivity index (χ4v) is 2.39. The van der Waals surface area contributed by atoms with Crippen LogP contribution in [0.1, 0.15) is 21.3 Å². The normalized spacial score (nSPS) is 10.5. The van der Waals surface area contributed by atoms with Crippen LogP contribution in [0, 0.1) is 0 Å². The Balaban J connectivity index is -0.000000845. The third-order valence-corrected chi connectivity index (χ3v) is 5.20. The molecule has 0 aliphatic heterocycles. The molecule has 0 unspecified atom stereocenters. The standard InChI is InChI=1S/C9H22O4Si.2CH4/c1-10-7-8-13-6-5-9-14(4,11-2)12-3;;/h5-9H2,1-4H3;2*1H4. The summed E-state index contributed by atoms with van der Waals surface area (Å²) in [6, 6.07) is 0.965. The van der Waals surface area contributed by atoms with E-state index in [4.69, 9.17) is 18.3 Å². The summed E-state index contributed by atoms with van der Waals surface area (Å²) in [5, 5.41) is 0. The van der Waals surface area contributed by atoms with Crippen molar-refractivity contribution in [3.63, 3.8) is 0 Å². The van der Waals surface area contributed by atoms with Crippen molar-refractivity contribution in [2.45, 2.75) is 33.9 Å². The first-order valence-electron chi connectivity index (χ1n) is 4.85. The maximum atomic E-state index is 5.35. The zero-order valence-electron chi connectivity index (χ0n) is 9.67. The Morgan fingerprint density at radius 3 is 1.88 bits per heavy atom. The summed E-state index contributed by atoms with van der Waals surface area (Å²) in [6.45, 7) is 4.12. The van der Waals surface area contributed by atoms with Crippen molar-refractivity contribution < 1.29 is 18.3 Å². The van der Waals surface area contributed by atoms with Crippen molar-refractivity contribution in [2.75, 3.05) is 41.2 Å². The van der Waals surface area contributed by atoms with E-state index in [9.17, 15) is 0 Å². The average molecular weight is 254 g/mol. The minimum absolute atomic E-state index is 0. The molecule has 0 radical (unpaired) electrons. The molecule has 0 fully saturated rings. The van der Waals surface area contributed by atoms with Crippen molar-refractivity contribution in [2.24, 2.45) is 0 Å². The number of hydrogen-bond acceptors (Lipinski definition) is 4. The fraction of sp³-hybridized carbons (Fsp3) is 1.00. The minimum atomic E-state index is -1.88. The predicted octanol–water partition coefficient (Wildman–Crippen LogP) is 2.68. The van der Waals surface area contributed by atoms with Gasteiger partial charge in [-0.05, 0) is 19.0 Å². The van der Waals surface area contributed by atoms with Crippen molar-refractivity contribution in [3.05, 3.63) is 0 Å². The summed E-state index contributed by atoms with van der Waals surface area (Å²) in [4.78, 5) is 0. The number of rotatable bonds is 9. The molecule has 0 aromatic rings. The van der Waals surface area contributed by atoms with E-state index < -0.39 is 8.56 Å². The molecule has 102 valence electrons. The van der Waals surface area contributed by atoms with Crippen LogP contribution in [0.25, 0.3) is 0 Å². The molecule has 0 saturated heterocycles. The van der Waals surface area contributed by atoms with Gasteiger partial charge in [0.1, 0.15) is 0 Å². The Labute approximate surface area is 102 Å². The van der Waals surface area contributed by atoms with Crippen molar-refractivity contribution >= 4 is 8.56 Å². The molecule has 0 aliphatic carbocycles. The molecule has 0 spiro atoms. The lowest BCUT2D eigenvalue weighted by molar-refractivity contribution is 0.0699. The summed E-state index contributed by atoms with van der Waals surface area (Å²) < 4.78 is 20.9. The SMILES string of the molecule is C.C.COCCOCCC[Si](C)(OC)OC. The van der Waals surface area contributed by atoms with Crippen LogP contribution in [0.5, 0.6) is 0 Å². The van der Waals surface area contributed by atoms with Crippen LogP contribution >= 0.6 is 0 Å². The Morgan fingerprint density at radius 2 is 1.44 bits per heavy atom. The van der Waals surface area contributed by atoms with Crippen LogP contribution in [-0.2, 0) is 18.3 Å². The Morgan fingerprint density at radius 1 is 0.875 bits per heavy atom. The molecule has 0 aromatic carbocycles. The zero-order chi connectivity index (χ0) is 10.9. The van der Waals surface area contributed by atoms with Gasteiger partial charge >= 0.3 is 8.56 Å². The van der Waals surface area contributed by atoms with Gasteiger partial charge in [-0.15, -0.1) is 0 Å². The highest BCUT2D eigenvalue weighted by atomic mass is 28.4. The van der Waals surface area contributed by atoms with E-state index in [0.29, 0.717) is 13.2 Å². The summed E-state index contributed by atoms with van der Waals surface area (Å²) in [6.07, 6.45) is 0.980. The molecule has 0 aromatic heterocycles. The molecule has 0 amide bonds. The largest absolute Gasteiger partial charge is 0.398 e. The first kappa shape index (κ1) is 21.4. The lowest BCUT2D eigenvalue weighted by atomic mass is 10.5. The van der Waals surface area contributed by atoms with Gasteiger partial charge in [0.15, 0.2) is 0 Å². The topological polar surface area (TPSA) is 36.9 Å². The van der Waals surface area contributed by atoms with Gasteiger partial charge in [0.25, 0.3) is 0 Å². The van der Waals surface area contributed by atoms with E-state index in [1.54, 1.807) is 21.3 Å². The third kappa shape index (κ3) is 10.6. The second-order valence-electron chi connectivity index (χ2n) is 3.25. The molecule has 4 nitrogen and oxygen atoms in total. The lowest BCUT2D eigenvalue weighted by Gasteiger charge is -2.22. The lowest BCUT2D eigenvalue weighted by Crippen LogP contribution is -2.36. The Kier molecular flexibility index (Phi) is 17.5. The molecule has 0 N–H and O–H groups in total. The molecule has 0 aliphatic rings. The molecule has 16 heavy (non-hydrogen) atoms. The highest BCUT2D eigenvalue weighted by Gasteiger charge is 2.27. The number of hydrogen-bond donors (Lipinski definition) is 0. The molecular formula is C11H30O4Si. The number of ether oxygens (including phenoxy) is 2. The molecule has 0 bridgehead atoms. The van der Waals surface area contributed by atoms with Crippen molar-refractivity contribution in [1.82, 2.24) is 0 Å². The molecule has 0 rings (SSSR count). The Hall–Kier alpha value is 0.0569. The molecule has 0 saturated carbocycles. The van der Waals surface area contributed by atoms with Gasteiger partial charge in [0.2, 0.25) is 0 Å². The van der Waals surface area contributed by atoms with Gasteiger partial charge in [-0.3, -0.25) is 0 Å². The summed E-state index contributed by atoms with van der Waals surface area (Å²) >= 11 is 0. The number of methoxy groups -OCH3 is 1. The first-order valence-corrected chi connectivity index (χ1v) is 7.38. The van der Waals surface area contributed by atoms with E-state index in [-0.39, 0.29) is 14.9 Å². The zero-order valence-corrected chi connectivity index (χ0v) is 10.7. The van der Waals surface area contributed by atoms with Gasteiger partial charge in [-0.2, -0.15) is 0 Å². The van der Waals surface area contributed by atoms with Crippen LogP contribution in [0.4, 0.5) is 0 Å². The third-order valence-electron chi connectivity index (χ3n) is 2.21. The quantitative estimate of drug-likeness (QED) is 0.468. The van der Waals surface area contributed by atoms with Gasteiger partial charge in [-0.1, -0.05) is 14.9 Å². The highest BCUT2D eigenvalue weighted by Crippen LogP contribution is 2.13. The Bertz CT molecular complexity index is 129. The van der Waals surface area contributed by atoms with Crippen molar-refractivity contribution in [3.8, 4) is 0 Å². The average Bonchev–Trinajstić information content (AvgIpc) is 2.23. The maximum Gasteiger partial charge on any atom is 0.334 e. The predicted molar refractivity (Wildman–Crippen MR) is 71.2 cm³/mol. The molecule has 0 atom stereocenters. The monoisotopic (exact) mass is 254 g/mol. The van der Waals surface area contributed by atoms with Crippen molar-refractivity contribution in [1.29, 1.82) is 0 Å². The second-order valence-corrected chi connectivity index (χ2v) is 6.83. The van der Waals surface area contributed by atoms with E-state index in [2.05, 4.69) is 6.55 Å². The van der Waals surface area contributed by atoms with E-state index in [0.717, 1.165) is 19.1 Å². The fourth-order valence-electron chi connectivity index (χ4n) is 1.03. The van der Waals surface area contributed by atoms with E-state index in [1.807, 2.05) is 0 Å². The van der Waals surface area contributed by atoms with Crippen LogP contribution in [-0.4, -0.2) is 49.7 Å². The van der Waals surface area contributed by atoms with Crippen LogP contribution in [0.3, 0.4) is 0 Å². The van der Waals surface area contributed by atoms with Crippen LogP contribution in [0.2, 0.25) is 12.6 Å². The molecular weight excluding hydrogens is 224 g/mol. The summed E-state index contributed by atoms with van der Waals surface area (Å²) in [7, 11) is 3.21. The molecule has 5 heteroatoms. The smallest absolute Gasteiger partial charge is 0.334 e. The van der Waals surface area contributed by atoms with Crippen LogP contribution in [0.15, 0.2) is 0 Å². The summed E-state index contributed by atoms with van der Waals surface area (Å²) in [5.41, 5.74) is 0. The van der Waals surface area contributed by atoms with Gasteiger partial charge < -0.3 is 18.3 Å². The summed E-state index contributed by atoms with van der Waals surface area (Å²) in [5.74, 6) is 0. The van der Waals surface area contributed by atoms with Crippen LogP contribution < -0.4 is 0 Å². The van der Waals surface area contributed by atoms with E-state index in [1.165, 1.54) is 0 Å². The first-order chi connectivity index (χ1) is 6.68. The highest BCUT2D eigenvalue weighted by molar-refractivity contribution is 6.65. The second kappa shape index (κ2) is 13.1. The maximum absolute atomic E-state index is 5.35. The van der Waals surface area contributed by atoms with Gasteiger partial charge in [-0.25, -0.2) is 0 Å². The minimum Gasteiger partial charge on any atom is -0.398 e.